The summed E-state index contributed by atoms with van der Waals surface area (Å²) in [5, 5.41) is 26.2. The molecule has 0 saturated carbocycles. The van der Waals surface area contributed by atoms with Gasteiger partial charge in [-0.05, 0) is 26.0 Å². The molecule has 0 aliphatic carbocycles. The summed E-state index contributed by atoms with van der Waals surface area (Å²) in [6.45, 7) is -1.85. The van der Waals surface area contributed by atoms with Gasteiger partial charge in [-0.3, -0.25) is 14.4 Å². The molecule has 2 rings (SSSR count). The van der Waals surface area contributed by atoms with Crippen LogP contribution in [-0.4, -0.2) is 103 Å². The van der Waals surface area contributed by atoms with Crippen molar-refractivity contribution in [2.24, 2.45) is 0 Å². The first-order chi connectivity index (χ1) is 19.8. The largest absolute Gasteiger partial charge is 0.486 e. The van der Waals surface area contributed by atoms with Gasteiger partial charge in [0, 0.05) is 19.2 Å². The number of alkyl carbamates (subject to hydrolysis) is 1. The molecule has 20 heteroatoms. The Kier molecular flexibility index (Phi) is 11.0. The molecule has 0 aromatic heterocycles. The fourth-order valence-corrected chi connectivity index (χ4v) is 3.43. The molecule has 0 bridgehead atoms. The summed E-state index contributed by atoms with van der Waals surface area (Å²) in [5.74, 6) is -11.0. The van der Waals surface area contributed by atoms with E-state index < -0.39 is 85.3 Å². The van der Waals surface area contributed by atoms with Gasteiger partial charge in [0.1, 0.15) is 30.3 Å². The Balaban J connectivity index is 2.18. The van der Waals surface area contributed by atoms with Crippen LogP contribution < -0.4 is 30.9 Å². The highest BCUT2D eigenvalue weighted by atomic mass is 19.4. The van der Waals surface area contributed by atoms with Crippen molar-refractivity contribution in [3.63, 3.8) is 0 Å². The molecule has 0 unspecified atom stereocenters. The molecule has 1 aliphatic heterocycles. The van der Waals surface area contributed by atoms with Crippen molar-refractivity contribution in [2.45, 2.75) is 43.7 Å². The summed E-state index contributed by atoms with van der Waals surface area (Å²) in [6, 6.07) is 1.24. The molecule has 1 aliphatic rings. The number of benzene rings is 1. The SMILES string of the molecule is C[C@H]1Oc2ccc(F)cc2N(CCOC(=O)NCCNC(=O)O)C(=O)[C@H]1NC(=O)[C@@](C)(O)C(=O)NCC(F)(F)C(F)(F)F. The van der Waals surface area contributed by atoms with Gasteiger partial charge in [-0.2, -0.15) is 22.0 Å². The number of aliphatic hydroxyl groups is 1. The first-order valence-electron chi connectivity index (χ1n) is 12.2. The second-order valence-electron chi connectivity index (χ2n) is 9.13. The third-order valence-electron chi connectivity index (χ3n) is 5.80. The van der Waals surface area contributed by atoms with Gasteiger partial charge in [-0.25, -0.2) is 14.0 Å². The molecule has 3 atom stereocenters. The van der Waals surface area contributed by atoms with E-state index in [1.54, 1.807) is 0 Å². The second kappa shape index (κ2) is 13.7. The fraction of sp³-hybridized carbons (Fsp3) is 0.522. The Morgan fingerprint density at radius 3 is 2.28 bits per heavy atom. The van der Waals surface area contributed by atoms with Crippen LogP contribution in [0.1, 0.15) is 13.8 Å². The lowest BCUT2D eigenvalue weighted by molar-refractivity contribution is -0.278. The number of halogens is 6. The van der Waals surface area contributed by atoms with Crippen molar-refractivity contribution in [1.82, 2.24) is 21.3 Å². The number of nitrogens with zero attached hydrogens (tertiary/aromatic N) is 1. The number of anilines is 1. The van der Waals surface area contributed by atoms with Crippen LogP contribution in [0.4, 0.5) is 41.6 Å². The highest BCUT2D eigenvalue weighted by Crippen LogP contribution is 2.35. The van der Waals surface area contributed by atoms with Crippen LogP contribution in [0.2, 0.25) is 0 Å². The van der Waals surface area contributed by atoms with Gasteiger partial charge in [0.25, 0.3) is 17.7 Å². The maximum Gasteiger partial charge on any atom is 0.455 e. The third kappa shape index (κ3) is 9.00. The summed E-state index contributed by atoms with van der Waals surface area (Å²) in [5.41, 5.74) is -3.43. The van der Waals surface area contributed by atoms with Gasteiger partial charge in [0.2, 0.25) is 5.60 Å². The van der Waals surface area contributed by atoms with E-state index in [1.165, 1.54) is 6.92 Å². The smallest absolute Gasteiger partial charge is 0.455 e. The number of hydrogen-bond donors (Lipinski definition) is 6. The van der Waals surface area contributed by atoms with Crippen LogP contribution in [0.5, 0.6) is 5.75 Å². The van der Waals surface area contributed by atoms with Crippen molar-refractivity contribution in [2.75, 3.05) is 37.7 Å². The Bertz CT molecular complexity index is 1230. The maximum absolute atomic E-state index is 14.1. The number of carboxylic acid groups (broad SMARTS) is 1. The van der Waals surface area contributed by atoms with Crippen LogP contribution in [-0.2, 0) is 19.1 Å². The monoisotopic (exact) mass is 631 g/mol. The average molecular weight is 631 g/mol. The van der Waals surface area contributed by atoms with E-state index in [4.69, 9.17) is 14.6 Å². The summed E-state index contributed by atoms with van der Waals surface area (Å²) in [7, 11) is 0. The number of amides is 5. The van der Waals surface area contributed by atoms with Crippen molar-refractivity contribution in [3.05, 3.63) is 24.0 Å². The molecule has 6 N–H and O–H groups in total. The molecule has 5 amide bonds. The van der Waals surface area contributed by atoms with Gasteiger partial charge >= 0.3 is 24.3 Å². The predicted molar refractivity (Wildman–Crippen MR) is 131 cm³/mol. The van der Waals surface area contributed by atoms with Gasteiger partial charge in [0.05, 0.1) is 18.8 Å². The number of hydrogen-bond acceptors (Lipinski definition) is 8. The first kappa shape index (κ1) is 34.7. The zero-order valence-corrected chi connectivity index (χ0v) is 22.4. The lowest BCUT2D eigenvalue weighted by Crippen LogP contribution is -2.63. The van der Waals surface area contributed by atoms with Crippen LogP contribution in [0.3, 0.4) is 0 Å². The number of nitrogens with one attached hydrogen (secondary N) is 4. The predicted octanol–water partition coefficient (Wildman–Crippen LogP) is 0.483. The number of alkyl halides is 5. The molecule has 1 aromatic rings. The minimum Gasteiger partial charge on any atom is -0.486 e. The van der Waals surface area contributed by atoms with Crippen LogP contribution in [0.15, 0.2) is 18.2 Å². The third-order valence-corrected chi connectivity index (χ3v) is 5.80. The Morgan fingerprint density at radius 2 is 1.67 bits per heavy atom. The minimum absolute atomic E-state index is 0.0814. The quantitative estimate of drug-likeness (QED) is 0.114. The van der Waals surface area contributed by atoms with Crippen LogP contribution in [0.25, 0.3) is 0 Å². The average Bonchev–Trinajstić information content (AvgIpc) is 2.98. The molecule has 0 radical (unpaired) electrons. The topological polar surface area (TPSA) is 196 Å². The van der Waals surface area contributed by atoms with E-state index in [0.717, 1.165) is 28.4 Å². The molecule has 14 nitrogen and oxygen atoms in total. The summed E-state index contributed by atoms with van der Waals surface area (Å²) >= 11 is 0. The molecule has 240 valence electrons. The molecule has 1 heterocycles. The normalized spacial score (nSPS) is 18.3. The van der Waals surface area contributed by atoms with E-state index in [1.807, 2.05) is 10.6 Å². The van der Waals surface area contributed by atoms with Crippen LogP contribution in [0, 0.1) is 5.82 Å². The van der Waals surface area contributed by atoms with Gasteiger partial charge < -0.3 is 45.9 Å². The molecule has 0 saturated heterocycles. The Morgan fingerprint density at radius 1 is 1.05 bits per heavy atom. The number of fused-ring (bicyclic) bond motifs is 1. The number of carbonyl (C=O) groups excluding carboxylic acids is 4. The van der Waals surface area contributed by atoms with Crippen molar-refractivity contribution in [1.29, 1.82) is 0 Å². The van der Waals surface area contributed by atoms with Gasteiger partial charge in [-0.15, -0.1) is 0 Å². The number of rotatable bonds is 11. The minimum atomic E-state index is -6.03. The number of carbonyl (C=O) groups is 5. The molecule has 1 aromatic carbocycles. The standard InChI is InChI=1S/C23H27F6N5O9/c1-11-15(33-18(37)21(2,41)17(36)32-10-22(25,26)23(27,28)29)16(35)34(13-9-12(24)3-4-14(13)43-11)7-8-42-20(40)31-6-5-30-19(38)39/h3-4,9,11,15,30,41H,5-8,10H2,1-2H3,(H,31,40)(H,32,36)(H,33,37)(H,38,39)/t11-,15+,21+/m1/s1. The van der Waals surface area contributed by atoms with Crippen molar-refractivity contribution >= 4 is 35.6 Å². The Labute approximate surface area is 238 Å². The second-order valence-corrected chi connectivity index (χ2v) is 9.13. The zero-order valence-electron chi connectivity index (χ0n) is 22.4. The molecular weight excluding hydrogens is 604 g/mol. The summed E-state index contributed by atoms with van der Waals surface area (Å²) < 4.78 is 88.2. The van der Waals surface area contributed by atoms with E-state index in [9.17, 15) is 55.4 Å². The van der Waals surface area contributed by atoms with Gasteiger partial charge in [-0.1, -0.05) is 0 Å². The molecule has 43 heavy (non-hydrogen) atoms. The zero-order chi connectivity index (χ0) is 32.8. The maximum atomic E-state index is 14.1. The van der Waals surface area contributed by atoms with Gasteiger partial charge in [0.15, 0.2) is 0 Å². The first-order valence-corrected chi connectivity index (χ1v) is 12.2. The van der Waals surface area contributed by atoms with Crippen molar-refractivity contribution in [3.8, 4) is 5.75 Å². The van der Waals surface area contributed by atoms with E-state index in [2.05, 4.69) is 5.32 Å². The van der Waals surface area contributed by atoms with Crippen molar-refractivity contribution < 1.29 is 70.0 Å². The molecular formula is C23H27F6N5O9. The van der Waals surface area contributed by atoms with E-state index in [-0.39, 0.29) is 24.5 Å². The Hall–Kier alpha value is -4.49. The number of ether oxygens (including phenoxy) is 2. The summed E-state index contributed by atoms with van der Waals surface area (Å²) in [6.07, 6.45) is -9.66. The molecule has 0 spiro atoms. The molecule has 0 fully saturated rings. The summed E-state index contributed by atoms with van der Waals surface area (Å²) in [4.78, 5) is 61.5. The lowest BCUT2D eigenvalue weighted by atomic mass is 10.0. The fourth-order valence-electron chi connectivity index (χ4n) is 3.43. The van der Waals surface area contributed by atoms with Crippen LogP contribution >= 0.6 is 0 Å². The lowest BCUT2D eigenvalue weighted by Gasteiger charge is -2.29. The highest BCUT2D eigenvalue weighted by molar-refractivity contribution is 6.10. The van der Waals surface area contributed by atoms with E-state index >= 15 is 0 Å². The van der Waals surface area contributed by atoms with E-state index in [0.29, 0.717) is 6.92 Å². The highest BCUT2D eigenvalue weighted by Gasteiger charge is 2.58.